The van der Waals surface area contributed by atoms with Gasteiger partial charge in [0.05, 0.1) is 5.69 Å². The van der Waals surface area contributed by atoms with Gasteiger partial charge in [-0.15, -0.1) is 0 Å². The molecule has 0 radical (unpaired) electrons. The Morgan fingerprint density at radius 1 is 1.22 bits per heavy atom. The molecule has 5 rings (SSSR count). The summed E-state index contributed by atoms with van der Waals surface area (Å²) < 4.78 is 33.7. The molecule has 0 unspecified atom stereocenters. The van der Waals surface area contributed by atoms with Gasteiger partial charge in [-0.1, -0.05) is 33.3 Å². The third-order valence-corrected chi connectivity index (χ3v) is 7.69. The van der Waals surface area contributed by atoms with Crippen LogP contribution in [0, 0.1) is 23.0 Å². The van der Waals surface area contributed by atoms with Gasteiger partial charge in [-0.05, 0) is 80.5 Å². The van der Waals surface area contributed by atoms with Gasteiger partial charge < -0.3 is 14.7 Å². The maximum atomic E-state index is 14.2. The summed E-state index contributed by atoms with van der Waals surface area (Å²) in [5, 5.41) is 13.8. The van der Waals surface area contributed by atoms with Gasteiger partial charge >= 0.3 is 0 Å². The van der Waals surface area contributed by atoms with Gasteiger partial charge in [-0.2, -0.15) is 0 Å². The second kappa shape index (κ2) is 12.6. The first kappa shape index (κ1) is 29.4. The maximum absolute atomic E-state index is 14.2. The number of Topliss-reactive ketones (excluding diaryl/α,β-unsaturated/α-hetero) is 1. The number of halogens is 2. The van der Waals surface area contributed by atoms with Crippen LogP contribution in [0.5, 0.6) is 5.75 Å². The molecule has 0 bridgehead atoms. The molecule has 8 heteroatoms. The fraction of sp³-hybridized carbons (Fsp3) is 0.552. The van der Waals surface area contributed by atoms with E-state index < -0.39 is 11.6 Å². The van der Waals surface area contributed by atoms with E-state index in [1.807, 2.05) is 12.1 Å². The number of benzene rings is 2. The maximum Gasteiger partial charge on any atom is 0.166 e. The number of ketones is 1. The Kier molecular flexibility index (Phi) is 10.0. The molecule has 0 amide bonds. The second-order valence-electron chi connectivity index (χ2n) is 10.9. The number of aliphatic hydroxyl groups is 1. The summed E-state index contributed by atoms with van der Waals surface area (Å²) in [6.45, 7) is 10.6. The molecular weight excluding hydrogens is 494 g/mol. The van der Waals surface area contributed by atoms with Crippen LogP contribution in [0.25, 0.3) is 11.1 Å². The zero-order chi connectivity index (χ0) is 27.3. The van der Waals surface area contributed by atoms with E-state index in [1.54, 1.807) is 6.07 Å². The second-order valence-corrected chi connectivity index (χ2v) is 11.6. The third kappa shape index (κ3) is 6.65. The van der Waals surface area contributed by atoms with E-state index in [9.17, 15) is 13.6 Å². The molecule has 2 saturated carbocycles. The fourth-order valence-corrected chi connectivity index (χ4v) is 5.69. The van der Waals surface area contributed by atoms with E-state index in [-0.39, 0.29) is 24.6 Å². The van der Waals surface area contributed by atoms with Crippen molar-refractivity contribution >= 4 is 23.4 Å². The van der Waals surface area contributed by atoms with Crippen molar-refractivity contribution in [1.29, 1.82) is 0 Å². The lowest BCUT2D eigenvalue weighted by Gasteiger charge is -2.57. The standard InChI is InChI=1S/C22H24F2N2OS.C4H10.C3H6O2/c1-2-26(13-10-22(11-13)6-3-7-22)18-9-19-15(8-20(18)28-25)14-4-5-17(23)21(24)16(14)12-27-19;1-4(2)3;1-3(5)2-4/h4-5,8-9,13H,2-3,6-7,10-12,25H2,1H3;4H,1-3H3;4H,2H2,1H3. The minimum atomic E-state index is -0.845. The molecule has 1 heterocycles. The first-order chi connectivity index (χ1) is 17.6. The monoisotopic (exact) mass is 534 g/mol. The zero-order valence-corrected chi connectivity index (χ0v) is 23.4. The van der Waals surface area contributed by atoms with Crippen molar-refractivity contribution in [2.45, 2.75) is 84.3 Å². The molecule has 0 saturated heterocycles. The minimum Gasteiger partial charge on any atom is -0.488 e. The molecule has 2 fully saturated rings. The van der Waals surface area contributed by atoms with Crippen LogP contribution in [0.1, 0.15) is 72.3 Å². The summed E-state index contributed by atoms with van der Waals surface area (Å²) in [4.78, 5) is 12.9. The number of ether oxygens (including phenoxy) is 1. The topological polar surface area (TPSA) is 75.8 Å². The third-order valence-electron chi connectivity index (χ3n) is 7.11. The summed E-state index contributed by atoms with van der Waals surface area (Å²) in [6.07, 6.45) is 6.60. The fourth-order valence-electron chi connectivity index (χ4n) is 5.20. The largest absolute Gasteiger partial charge is 0.488 e. The number of carbonyl (C=O) groups excluding carboxylic acids is 1. The van der Waals surface area contributed by atoms with E-state index >= 15 is 0 Å². The summed E-state index contributed by atoms with van der Waals surface area (Å²) in [5.41, 5.74) is 3.41. The molecule has 0 atom stereocenters. The number of hydrogen-bond acceptors (Lipinski definition) is 6. The molecule has 1 spiro atoms. The molecular formula is C29H40F2N2O3S. The van der Waals surface area contributed by atoms with Crippen LogP contribution in [0.15, 0.2) is 29.2 Å². The minimum absolute atomic E-state index is 0.0408. The smallest absolute Gasteiger partial charge is 0.166 e. The number of hydrogen-bond donors (Lipinski definition) is 2. The van der Waals surface area contributed by atoms with Gasteiger partial charge in [0.15, 0.2) is 17.4 Å². The highest BCUT2D eigenvalue weighted by Gasteiger charge is 2.50. The van der Waals surface area contributed by atoms with Crippen LogP contribution in [-0.2, 0) is 11.4 Å². The molecule has 37 heavy (non-hydrogen) atoms. The summed E-state index contributed by atoms with van der Waals surface area (Å²) in [7, 11) is 0. The Morgan fingerprint density at radius 3 is 2.32 bits per heavy atom. The Balaban J connectivity index is 0.000000368. The quantitative estimate of drug-likeness (QED) is 0.407. The summed E-state index contributed by atoms with van der Waals surface area (Å²) in [6, 6.07) is 7.34. The summed E-state index contributed by atoms with van der Waals surface area (Å²) in [5.74, 6) is -0.319. The van der Waals surface area contributed by atoms with Gasteiger partial charge in [0.25, 0.3) is 0 Å². The van der Waals surface area contributed by atoms with Crippen LogP contribution in [0.2, 0.25) is 0 Å². The Labute approximate surface area is 223 Å². The Bertz CT molecular complexity index is 1090. The number of nitrogens with two attached hydrogens (primary N) is 1. The molecule has 2 aromatic carbocycles. The lowest BCUT2D eigenvalue weighted by atomic mass is 9.54. The van der Waals surface area contributed by atoms with Crippen molar-refractivity contribution in [3.63, 3.8) is 0 Å². The van der Waals surface area contributed by atoms with Crippen molar-refractivity contribution in [2.24, 2.45) is 16.5 Å². The number of rotatable bonds is 5. The summed E-state index contributed by atoms with van der Waals surface area (Å²) >= 11 is 1.20. The van der Waals surface area contributed by atoms with E-state index in [2.05, 4.69) is 32.6 Å². The zero-order valence-electron chi connectivity index (χ0n) is 22.6. The van der Waals surface area contributed by atoms with Crippen molar-refractivity contribution in [3.8, 4) is 16.9 Å². The van der Waals surface area contributed by atoms with Gasteiger partial charge in [0.2, 0.25) is 0 Å². The van der Waals surface area contributed by atoms with Crippen LogP contribution in [0.3, 0.4) is 0 Å². The molecule has 3 aliphatic rings. The highest BCUT2D eigenvalue weighted by Crippen LogP contribution is 2.58. The molecule has 204 valence electrons. The predicted molar refractivity (Wildman–Crippen MR) is 147 cm³/mol. The van der Waals surface area contributed by atoms with Crippen molar-refractivity contribution in [2.75, 3.05) is 18.1 Å². The number of carbonyl (C=O) groups is 1. The van der Waals surface area contributed by atoms with Crippen LogP contribution in [0.4, 0.5) is 14.5 Å². The number of nitrogens with zero attached hydrogens (tertiary/aromatic N) is 1. The highest BCUT2D eigenvalue weighted by molar-refractivity contribution is 7.97. The lowest BCUT2D eigenvalue weighted by molar-refractivity contribution is -0.119. The SMILES string of the molecule is CC(=O)CO.CC(C)C.CCN(c1cc2c(cc1SN)-c1ccc(F)c(F)c1CO2)C1CC2(CCC2)C1. The Hall–Kier alpha value is -2.16. The predicted octanol–water partition coefficient (Wildman–Crippen LogP) is 6.88. The first-order valence-corrected chi connectivity index (χ1v) is 14.0. The van der Waals surface area contributed by atoms with E-state index in [1.165, 1.54) is 57.0 Å². The van der Waals surface area contributed by atoms with Gasteiger partial charge in [-0.3, -0.25) is 9.93 Å². The van der Waals surface area contributed by atoms with Crippen molar-refractivity contribution in [1.82, 2.24) is 0 Å². The van der Waals surface area contributed by atoms with E-state index in [4.69, 9.17) is 15.0 Å². The van der Waals surface area contributed by atoms with Crippen LogP contribution >= 0.6 is 11.9 Å². The first-order valence-electron chi connectivity index (χ1n) is 13.1. The molecule has 3 N–H and O–H groups in total. The van der Waals surface area contributed by atoms with Gasteiger partial charge in [0, 0.05) is 34.7 Å². The van der Waals surface area contributed by atoms with Crippen molar-refractivity contribution in [3.05, 3.63) is 41.5 Å². The normalized spacial score (nSPS) is 16.6. The average molecular weight is 535 g/mol. The van der Waals surface area contributed by atoms with Crippen LogP contribution < -0.4 is 14.8 Å². The number of fused-ring (bicyclic) bond motifs is 3. The van der Waals surface area contributed by atoms with Gasteiger partial charge in [0.1, 0.15) is 19.0 Å². The molecule has 2 aromatic rings. The Morgan fingerprint density at radius 2 is 1.84 bits per heavy atom. The number of aliphatic hydroxyl groups excluding tert-OH is 1. The van der Waals surface area contributed by atoms with E-state index in [0.29, 0.717) is 22.8 Å². The van der Waals surface area contributed by atoms with E-state index in [0.717, 1.165) is 28.6 Å². The van der Waals surface area contributed by atoms with Crippen molar-refractivity contribution < 1.29 is 23.4 Å². The molecule has 2 aliphatic carbocycles. The molecule has 1 aliphatic heterocycles. The molecule has 5 nitrogen and oxygen atoms in total. The number of anilines is 1. The molecule has 0 aromatic heterocycles. The highest BCUT2D eigenvalue weighted by atomic mass is 32.2. The average Bonchev–Trinajstić information content (AvgIpc) is 2.81. The van der Waals surface area contributed by atoms with Crippen LogP contribution in [-0.4, -0.2) is 30.1 Å². The lowest BCUT2D eigenvalue weighted by Crippen LogP contribution is -2.54. The van der Waals surface area contributed by atoms with Gasteiger partial charge in [-0.25, -0.2) is 8.78 Å².